The van der Waals surface area contributed by atoms with E-state index < -0.39 is 0 Å². The maximum atomic E-state index is 5.85. The van der Waals surface area contributed by atoms with E-state index in [-0.39, 0.29) is 7.12 Å². The Labute approximate surface area is 172 Å². The van der Waals surface area contributed by atoms with Crippen molar-refractivity contribution in [2.75, 3.05) is 23.8 Å². The van der Waals surface area contributed by atoms with Crippen LogP contribution in [0, 0.1) is 6.92 Å². The first-order chi connectivity index (χ1) is 14.3. The molecule has 0 bridgehead atoms. The van der Waals surface area contributed by atoms with Crippen molar-refractivity contribution < 1.29 is 14.0 Å². The molecule has 1 aromatic carbocycles. The van der Waals surface area contributed by atoms with Crippen LogP contribution in [0.25, 0.3) is 0 Å². The fourth-order valence-corrected chi connectivity index (χ4v) is 3.99. The molecule has 2 N–H and O–H groups in total. The molecule has 0 amide bonds. The number of anilines is 3. The number of aromatic nitrogens is 2. The summed E-state index contributed by atoms with van der Waals surface area (Å²) < 4.78 is 17.3. The van der Waals surface area contributed by atoms with Gasteiger partial charge in [-0.25, -0.2) is 4.98 Å². The monoisotopic (exact) mass is 396 g/mol. The van der Waals surface area contributed by atoms with E-state index in [2.05, 4.69) is 21.7 Å². The fourth-order valence-electron chi connectivity index (χ4n) is 3.99. The number of benzene rings is 1. The van der Waals surface area contributed by atoms with Crippen LogP contribution in [0.4, 0.5) is 17.5 Å². The lowest BCUT2D eigenvalue weighted by atomic mass is 9.78. The third-order valence-electron chi connectivity index (χ3n) is 5.39. The molecular weight excluding hydrogens is 367 g/mol. The van der Waals surface area contributed by atoms with Gasteiger partial charge in [0.05, 0.1) is 13.2 Å². The molecular formula is C21H29BN4O3. The van der Waals surface area contributed by atoms with Crippen LogP contribution in [0.5, 0.6) is 5.75 Å². The Morgan fingerprint density at radius 2 is 1.93 bits per heavy atom. The van der Waals surface area contributed by atoms with Gasteiger partial charge in [-0.15, -0.1) is 0 Å². The molecule has 1 aliphatic carbocycles. The third-order valence-corrected chi connectivity index (χ3v) is 5.39. The van der Waals surface area contributed by atoms with E-state index in [1.54, 1.807) is 0 Å². The predicted molar refractivity (Wildman–Crippen MR) is 115 cm³/mol. The molecule has 0 saturated heterocycles. The van der Waals surface area contributed by atoms with Crippen LogP contribution >= 0.6 is 0 Å². The Bertz CT molecular complexity index is 858. The normalized spacial score (nSPS) is 17.7. The summed E-state index contributed by atoms with van der Waals surface area (Å²) in [5.74, 6) is 2.30. The Hall–Kier alpha value is -2.32. The highest BCUT2D eigenvalue weighted by Crippen LogP contribution is 2.28. The molecule has 29 heavy (non-hydrogen) atoms. The summed E-state index contributed by atoms with van der Waals surface area (Å²) >= 11 is 0. The average molecular weight is 396 g/mol. The van der Waals surface area contributed by atoms with Gasteiger partial charge in [-0.1, -0.05) is 26.7 Å². The molecule has 7 nitrogen and oxygen atoms in total. The standard InChI is InChI=1S/C19H23BN4O3.C2H6/c1-12-10-21-19(24-18(12)22-14-4-2-3-5-14)23-15-8-13-11-27-20-17(13)16(9-15)25-6-7-26-20;1-2/h8-10,14H,2-7,11H2,1H3,(H2,21,22,23,24);1-2H3. The van der Waals surface area contributed by atoms with Gasteiger partial charge in [-0.05, 0) is 31.4 Å². The predicted octanol–water partition coefficient (Wildman–Crippen LogP) is 3.54. The van der Waals surface area contributed by atoms with Crippen LogP contribution in [-0.2, 0) is 15.9 Å². The van der Waals surface area contributed by atoms with E-state index in [0.717, 1.165) is 33.8 Å². The summed E-state index contributed by atoms with van der Waals surface area (Å²) in [5.41, 5.74) is 4.04. The van der Waals surface area contributed by atoms with Gasteiger partial charge in [0.2, 0.25) is 5.95 Å². The Morgan fingerprint density at radius 1 is 1.10 bits per heavy atom. The van der Waals surface area contributed by atoms with Crippen molar-refractivity contribution in [1.29, 1.82) is 0 Å². The number of aryl methyl sites for hydroxylation is 1. The van der Waals surface area contributed by atoms with Crippen molar-refractivity contribution in [2.45, 2.75) is 59.1 Å². The second-order valence-corrected chi connectivity index (χ2v) is 7.39. The highest BCUT2D eigenvalue weighted by molar-refractivity contribution is 6.64. The number of ether oxygens (including phenoxy) is 1. The first-order valence-electron chi connectivity index (χ1n) is 10.7. The van der Waals surface area contributed by atoms with Crippen LogP contribution in [0.15, 0.2) is 18.3 Å². The van der Waals surface area contributed by atoms with E-state index >= 15 is 0 Å². The Balaban J connectivity index is 0.000000994. The van der Waals surface area contributed by atoms with Gasteiger partial charge in [-0.3, -0.25) is 0 Å². The lowest BCUT2D eigenvalue weighted by Crippen LogP contribution is -2.31. The van der Waals surface area contributed by atoms with E-state index in [0.29, 0.717) is 31.8 Å². The summed E-state index contributed by atoms with van der Waals surface area (Å²) in [6.07, 6.45) is 6.86. The van der Waals surface area contributed by atoms with Gasteiger partial charge in [0.15, 0.2) is 0 Å². The summed E-state index contributed by atoms with van der Waals surface area (Å²) in [6, 6.07) is 4.55. The minimum Gasteiger partial charge on any atom is -0.492 e. The SMILES string of the molecule is CC.Cc1cnc(Nc2cc3c4c(c2)OCCOB4OC3)nc1NC1CCCC1. The number of hydrogen-bond donors (Lipinski definition) is 2. The maximum absolute atomic E-state index is 5.85. The van der Waals surface area contributed by atoms with E-state index in [1.165, 1.54) is 25.7 Å². The van der Waals surface area contributed by atoms with Gasteiger partial charge in [0.25, 0.3) is 0 Å². The zero-order valence-corrected chi connectivity index (χ0v) is 17.5. The van der Waals surface area contributed by atoms with Gasteiger partial charge in [-0.2, -0.15) is 4.98 Å². The lowest BCUT2D eigenvalue weighted by Gasteiger charge is -2.16. The zero-order valence-electron chi connectivity index (χ0n) is 17.5. The fraction of sp³-hybridized carbons (Fsp3) is 0.524. The van der Waals surface area contributed by atoms with Gasteiger partial charge in [0.1, 0.15) is 18.2 Å². The quantitative estimate of drug-likeness (QED) is 0.766. The summed E-state index contributed by atoms with van der Waals surface area (Å²) in [4.78, 5) is 9.14. The molecule has 3 aliphatic rings. The largest absolute Gasteiger partial charge is 0.498 e. The minimum atomic E-state index is -0.315. The molecule has 5 rings (SSSR count). The topological polar surface area (TPSA) is 77.5 Å². The first kappa shape index (κ1) is 20.0. The molecule has 0 radical (unpaired) electrons. The summed E-state index contributed by atoms with van der Waals surface area (Å²) in [5, 5.41) is 6.89. The van der Waals surface area contributed by atoms with E-state index in [9.17, 15) is 0 Å². The third kappa shape index (κ3) is 4.33. The lowest BCUT2D eigenvalue weighted by molar-refractivity contribution is 0.180. The molecule has 154 valence electrons. The molecule has 0 unspecified atom stereocenters. The van der Waals surface area contributed by atoms with Gasteiger partial charge >= 0.3 is 7.12 Å². The second-order valence-electron chi connectivity index (χ2n) is 7.39. The maximum Gasteiger partial charge on any atom is 0.498 e. The number of hydrogen-bond acceptors (Lipinski definition) is 7. The van der Waals surface area contributed by atoms with Crippen LogP contribution in [0.2, 0.25) is 0 Å². The van der Waals surface area contributed by atoms with Gasteiger partial charge < -0.3 is 24.7 Å². The van der Waals surface area contributed by atoms with Crippen molar-refractivity contribution >= 4 is 30.0 Å². The minimum absolute atomic E-state index is 0.315. The molecule has 3 heterocycles. The zero-order chi connectivity index (χ0) is 20.2. The molecule has 0 atom stereocenters. The van der Waals surface area contributed by atoms with Crippen LogP contribution in [0.3, 0.4) is 0 Å². The molecule has 8 heteroatoms. The van der Waals surface area contributed by atoms with Crippen LogP contribution in [0.1, 0.15) is 50.7 Å². The number of rotatable bonds is 4. The average Bonchev–Trinajstić information content (AvgIpc) is 3.34. The molecule has 2 aliphatic heterocycles. The van der Waals surface area contributed by atoms with Gasteiger partial charge in [0, 0.05) is 35.0 Å². The van der Waals surface area contributed by atoms with Crippen molar-refractivity contribution in [3.8, 4) is 5.75 Å². The van der Waals surface area contributed by atoms with Crippen molar-refractivity contribution in [3.63, 3.8) is 0 Å². The van der Waals surface area contributed by atoms with Crippen molar-refractivity contribution in [1.82, 2.24) is 9.97 Å². The Morgan fingerprint density at radius 3 is 2.76 bits per heavy atom. The molecule has 1 fully saturated rings. The molecule has 0 spiro atoms. The van der Waals surface area contributed by atoms with Crippen LogP contribution in [-0.4, -0.2) is 36.3 Å². The van der Waals surface area contributed by atoms with Crippen molar-refractivity contribution in [3.05, 3.63) is 29.5 Å². The second kappa shape index (κ2) is 9.01. The molecule has 1 aromatic heterocycles. The van der Waals surface area contributed by atoms with Crippen molar-refractivity contribution in [2.24, 2.45) is 0 Å². The first-order valence-corrected chi connectivity index (χ1v) is 10.7. The Kier molecular flexibility index (Phi) is 6.20. The van der Waals surface area contributed by atoms with E-state index in [4.69, 9.17) is 19.0 Å². The number of nitrogens with zero attached hydrogens (tertiary/aromatic N) is 2. The highest BCUT2D eigenvalue weighted by Gasteiger charge is 2.36. The highest BCUT2D eigenvalue weighted by atomic mass is 16.6. The van der Waals surface area contributed by atoms with Crippen LogP contribution < -0.4 is 20.8 Å². The molecule has 2 aromatic rings. The number of nitrogens with one attached hydrogen (secondary N) is 2. The summed E-state index contributed by atoms with van der Waals surface area (Å²) in [6.45, 7) is 7.61. The molecule has 1 saturated carbocycles. The van der Waals surface area contributed by atoms with E-state index in [1.807, 2.05) is 33.0 Å². The smallest absolute Gasteiger partial charge is 0.492 e. The summed E-state index contributed by atoms with van der Waals surface area (Å²) in [7, 11) is -0.315.